The predicted molar refractivity (Wildman–Crippen MR) is 203 cm³/mol. The molecule has 0 radical (unpaired) electrons. The summed E-state index contributed by atoms with van der Waals surface area (Å²) in [7, 11) is 0. The van der Waals surface area contributed by atoms with Crippen LogP contribution in [0.3, 0.4) is 0 Å². The number of benzene rings is 2. The second kappa shape index (κ2) is 16.5. The third-order valence-electron chi connectivity index (χ3n) is 7.29. The van der Waals surface area contributed by atoms with Gasteiger partial charge in [0.05, 0.1) is 12.4 Å². The number of hydrogen-bond donors (Lipinski definition) is 4. The summed E-state index contributed by atoms with van der Waals surface area (Å²) >= 11 is 0. The van der Waals surface area contributed by atoms with Gasteiger partial charge in [-0.25, -0.2) is 24.7 Å². The van der Waals surface area contributed by atoms with Gasteiger partial charge in [-0.05, 0) is 106 Å². The molecule has 0 saturated carbocycles. The van der Waals surface area contributed by atoms with Crippen molar-refractivity contribution in [2.75, 3.05) is 21.7 Å². The van der Waals surface area contributed by atoms with Crippen LogP contribution in [0, 0.1) is 36.5 Å². The number of amides is 1. The summed E-state index contributed by atoms with van der Waals surface area (Å²) in [6.07, 6.45) is 9.15. The van der Waals surface area contributed by atoms with Crippen LogP contribution in [0.15, 0.2) is 97.8 Å². The van der Waals surface area contributed by atoms with Crippen LogP contribution in [0.25, 0.3) is 22.8 Å². The van der Waals surface area contributed by atoms with Gasteiger partial charge in [-0.15, -0.1) is 0 Å². The molecule has 6 aromatic rings. The van der Waals surface area contributed by atoms with Crippen molar-refractivity contribution in [3.63, 3.8) is 0 Å². The minimum absolute atomic E-state index is 0.318. The van der Waals surface area contributed by atoms with Crippen LogP contribution >= 0.6 is 0 Å². The lowest BCUT2D eigenvalue weighted by Crippen LogP contribution is -2.27. The Bertz CT molecular complexity index is 2310. The topological polar surface area (TPSA) is 213 Å². The smallest absolute Gasteiger partial charge is 0.412 e. The molecule has 4 aromatic heterocycles. The average Bonchev–Trinajstić information content (AvgIpc) is 3.14. The van der Waals surface area contributed by atoms with E-state index in [1.165, 1.54) is 12.4 Å². The number of aromatic nitrogens is 6. The summed E-state index contributed by atoms with van der Waals surface area (Å²) in [6, 6.07) is 22.4. The van der Waals surface area contributed by atoms with Crippen molar-refractivity contribution in [1.82, 2.24) is 29.9 Å². The van der Waals surface area contributed by atoms with Crippen LogP contribution < -0.4 is 21.7 Å². The number of aryl methyl sites for hydroxylation is 2. The van der Waals surface area contributed by atoms with Gasteiger partial charge in [0.1, 0.15) is 28.9 Å². The van der Waals surface area contributed by atoms with E-state index in [1.807, 2.05) is 50.2 Å². The molecule has 0 spiro atoms. The Labute approximate surface area is 306 Å². The third-order valence-corrected chi connectivity index (χ3v) is 7.29. The number of nitrogens with two attached hydrogens (primary N) is 1. The Morgan fingerprint density at radius 3 is 1.68 bits per heavy atom. The van der Waals surface area contributed by atoms with E-state index in [0.29, 0.717) is 45.8 Å². The zero-order valence-corrected chi connectivity index (χ0v) is 29.7. The van der Waals surface area contributed by atoms with E-state index >= 15 is 0 Å². The van der Waals surface area contributed by atoms with Gasteiger partial charge >= 0.3 is 6.09 Å². The Morgan fingerprint density at radius 1 is 0.736 bits per heavy atom. The lowest BCUT2D eigenvalue weighted by atomic mass is 10.1. The number of nitrogens with one attached hydrogen (secondary N) is 3. The Morgan fingerprint density at radius 2 is 1.25 bits per heavy atom. The largest absolute Gasteiger partial charge is 0.444 e. The number of anilines is 6. The van der Waals surface area contributed by atoms with Crippen molar-refractivity contribution in [3.05, 3.63) is 120 Å². The first-order valence-corrected chi connectivity index (χ1v) is 16.3. The minimum atomic E-state index is -0.576. The van der Waals surface area contributed by atoms with Crippen molar-refractivity contribution >= 4 is 40.5 Å². The summed E-state index contributed by atoms with van der Waals surface area (Å²) in [6.45, 7) is 9.24. The van der Waals surface area contributed by atoms with Crippen molar-refractivity contribution in [1.29, 1.82) is 10.5 Å². The molecule has 0 aliphatic carbocycles. The van der Waals surface area contributed by atoms with Crippen LogP contribution in [-0.4, -0.2) is 41.6 Å². The predicted octanol–water partition coefficient (Wildman–Crippen LogP) is 7.85. The van der Waals surface area contributed by atoms with Gasteiger partial charge in [0, 0.05) is 58.7 Å². The lowest BCUT2D eigenvalue weighted by Gasteiger charge is -2.20. The highest BCUT2D eigenvalue weighted by atomic mass is 16.6. The fraction of sp³-hybridized carbons (Fsp3) is 0.154. The minimum Gasteiger partial charge on any atom is -0.444 e. The second-order valence-electron chi connectivity index (χ2n) is 12.6. The molecule has 2 aromatic carbocycles. The second-order valence-corrected chi connectivity index (χ2v) is 12.6. The number of nitriles is 2. The fourth-order valence-electron chi connectivity index (χ4n) is 4.77. The number of carbonyl (C=O) groups excluding carboxylic acids is 1. The van der Waals surface area contributed by atoms with Crippen molar-refractivity contribution in [3.8, 4) is 34.9 Å². The monoisotopic (exact) mass is 704 g/mol. The molecule has 1 amide bonds. The Kier molecular flexibility index (Phi) is 11.5. The molecule has 14 heteroatoms. The van der Waals surface area contributed by atoms with Gasteiger partial charge in [-0.2, -0.15) is 10.5 Å². The molecule has 0 unspecified atom stereocenters. The molecular formula is C39H36N12O2. The maximum absolute atomic E-state index is 12.0. The lowest BCUT2D eigenvalue weighted by molar-refractivity contribution is 0.0636. The standard InChI is InChI=1S/C22H22N6O2.C17H14N6/c1-14-10-17(26-21(29)30-22(2,3)4)7-8-18(14)27-20-16(11-23)13-25-19(28-20)15-6-5-9-24-12-15;1-11-7-14(19)4-5-15(11)22-17-13(8-18)10-21-16(23-17)12-3-2-6-20-9-12/h5-10,12-13H,1-4H3,(H,26,29)(H,25,27,28);2-7,9-10H,19H2,1H3,(H,21,22,23). The van der Waals surface area contributed by atoms with E-state index in [-0.39, 0.29) is 0 Å². The number of pyridine rings is 2. The van der Waals surface area contributed by atoms with E-state index in [2.05, 4.69) is 58.0 Å². The highest BCUT2D eigenvalue weighted by Crippen LogP contribution is 2.27. The van der Waals surface area contributed by atoms with E-state index in [0.717, 1.165) is 33.6 Å². The number of carbonyl (C=O) groups is 1. The highest BCUT2D eigenvalue weighted by Gasteiger charge is 2.17. The molecule has 264 valence electrons. The number of nitrogen functional groups attached to an aromatic ring is 1. The summed E-state index contributed by atoms with van der Waals surface area (Å²) in [5, 5.41) is 27.8. The molecule has 4 heterocycles. The van der Waals surface area contributed by atoms with Gasteiger partial charge in [0.15, 0.2) is 23.3 Å². The SMILES string of the molecule is Cc1cc(N)ccc1Nc1nc(-c2cccnc2)ncc1C#N.Cc1cc(NC(=O)OC(C)(C)C)ccc1Nc1nc(-c2cccnc2)ncc1C#N. The van der Waals surface area contributed by atoms with Crippen LogP contribution in [-0.2, 0) is 4.74 Å². The highest BCUT2D eigenvalue weighted by molar-refractivity contribution is 5.85. The maximum Gasteiger partial charge on any atom is 0.412 e. The summed E-state index contributed by atoms with van der Waals surface area (Å²) in [5.74, 6) is 1.81. The molecule has 0 saturated heterocycles. The summed E-state index contributed by atoms with van der Waals surface area (Å²) in [4.78, 5) is 37.5. The summed E-state index contributed by atoms with van der Waals surface area (Å²) < 4.78 is 5.27. The van der Waals surface area contributed by atoms with Gasteiger partial charge in [0.2, 0.25) is 0 Å². The van der Waals surface area contributed by atoms with E-state index in [9.17, 15) is 15.3 Å². The molecule has 0 aliphatic rings. The van der Waals surface area contributed by atoms with E-state index in [4.69, 9.17) is 10.5 Å². The van der Waals surface area contributed by atoms with E-state index in [1.54, 1.807) is 69.8 Å². The first-order valence-electron chi connectivity index (χ1n) is 16.3. The Hall–Kier alpha value is -7.45. The molecule has 0 fully saturated rings. The first-order chi connectivity index (χ1) is 25.4. The van der Waals surface area contributed by atoms with Crippen LogP contribution in [0.5, 0.6) is 0 Å². The molecule has 6 rings (SSSR count). The third kappa shape index (κ3) is 10.1. The summed E-state index contributed by atoms with van der Waals surface area (Å²) in [5.41, 5.74) is 12.1. The van der Waals surface area contributed by atoms with Gasteiger partial charge in [0.25, 0.3) is 0 Å². The first kappa shape index (κ1) is 36.8. The van der Waals surface area contributed by atoms with Gasteiger partial charge < -0.3 is 21.1 Å². The molecule has 0 bridgehead atoms. The Balaban J connectivity index is 0.000000211. The number of rotatable bonds is 7. The van der Waals surface area contributed by atoms with Crippen molar-refractivity contribution < 1.29 is 9.53 Å². The van der Waals surface area contributed by atoms with E-state index < -0.39 is 11.7 Å². The molecule has 0 aliphatic heterocycles. The molecule has 14 nitrogen and oxygen atoms in total. The number of hydrogen-bond acceptors (Lipinski definition) is 13. The fourth-order valence-corrected chi connectivity index (χ4v) is 4.77. The zero-order valence-electron chi connectivity index (χ0n) is 29.7. The van der Waals surface area contributed by atoms with Crippen LogP contribution in [0.2, 0.25) is 0 Å². The molecule has 53 heavy (non-hydrogen) atoms. The number of nitrogens with zero attached hydrogens (tertiary/aromatic N) is 8. The molecule has 5 N–H and O–H groups in total. The number of ether oxygens (including phenoxy) is 1. The van der Waals surface area contributed by atoms with Crippen molar-refractivity contribution in [2.24, 2.45) is 0 Å². The normalized spacial score (nSPS) is 10.5. The quantitative estimate of drug-likeness (QED) is 0.117. The van der Waals surface area contributed by atoms with Crippen LogP contribution in [0.4, 0.5) is 39.2 Å². The maximum atomic E-state index is 12.0. The van der Waals surface area contributed by atoms with Crippen molar-refractivity contribution in [2.45, 2.75) is 40.2 Å². The molecule has 0 atom stereocenters. The van der Waals surface area contributed by atoms with Gasteiger partial charge in [-0.1, -0.05) is 0 Å². The van der Waals surface area contributed by atoms with Gasteiger partial charge in [-0.3, -0.25) is 15.3 Å². The zero-order chi connectivity index (χ0) is 38.0. The molecular weight excluding hydrogens is 669 g/mol. The average molecular weight is 705 g/mol. The van der Waals surface area contributed by atoms with Crippen LogP contribution in [0.1, 0.15) is 43.0 Å².